The predicted octanol–water partition coefficient (Wildman–Crippen LogP) is 0.437. The molecule has 0 aliphatic heterocycles. The molecule has 0 fully saturated rings. The zero-order valence-electron chi connectivity index (χ0n) is 10.2. The van der Waals surface area contributed by atoms with Crippen LogP contribution in [-0.4, -0.2) is 16.2 Å². The molecule has 92 valence electrons. The number of halogens is 1. The maximum atomic E-state index is 10.6. The van der Waals surface area contributed by atoms with E-state index in [1.807, 2.05) is 0 Å². The van der Waals surface area contributed by atoms with Gasteiger partial charge < -0.3 is 4.55 Å². The Morgan fingerprint density at radius 3 is 1.94 bits per heavy atom. The van der Waals surface area contributed by atoms with Crippen molar-refractivity contribution in [2.24, 2.45) is 0 Å². The molecule has 0 heterocycles. The van der Waals surface area contributed by atoms with Gasteiger partial charge in [-0.25, -0.2) is 8.42 Å². The van der Waals surface area contributed by atoms with Crippen molar-refractivity contribution in [3.8, 4) is 0 Å². The molecule has 3 nitrogen and oxygen atoms in total. The van der Waals surface area contributed by atoms with Crippen molar-refractivity contribution in [3.63, 3.8) is 0 Å². The summed E-state index contributed by atoms with van der Waals surface area (Å²) in [6.45, 7) is 2.18. The molecule has 0 rings (SSSR count). The minimum absolute atomic E-state index is 0. The number of hydrogen-bond acceptors (Lipinski definition) is 3. The van der Waals surface area contributed by atoms with Crippen molar-refractivity contribution >= 4 is 32.7 Å². The van der Waals surface area contributed by atoms with Crippen molar-refractivity contribution in [2.75, 3.05) is 0 Å². The minimum Gasteiger partial charge on any atom is -0.747 e. The maximum absolute atomic E-state index is 10.6. The smallest absolute Gasteiger partial charge is 0.747 e. The van der Waals surface area contributed by atoms with Crippen LogP contribution in [0.25, 0.3) is 0 Å². The zero-order chi connectivity index (χ0) is 11.7. The Morgan fingerprint density at radius 2 is 1.50 bits per heavy atom. The van der Waals surface area contributed by atoms with Crippen LogP contribution in [0.1, 0.15) is 58.3 Å². The van der Waals surface area contributed by atoms with Gasteiger partial charge in [-0.1, -0.05) is 74.5 Å². The van der Waals surface area contributed by atoms with Gasteiger partial charge in [0.25, 0.3) is 0 Å². The van der Waals surface area contributed by atoms with Gasteiger partial charge in [0.05, 0.1) is 0 Å². The summed E-state index contributed by atoms with van der Waals surface area (Å²) in [6, 6.07) is 0. The van der Waals surface area contributed by atoms with Gasteiger partial charge in [-0.2, -0.15) is 0 Å². The normalized spacial score (nSPS) is 13.2. The molecule has 0 radical (unpaired) electrons. The summed E-state index contributed by atoms with van der Waals surface area (Å²) < 4.78 is 31.0. The summed E-state index contributed by atoms with van der Waals surface area (Å²) in [4.78, 5) is 0. The third-order valence-corrected chi connectivity index (χ3v) is 5.70. The first-order valence-corrected chi connectivity index (χ1v) is 8.29. The van der Waals surface area contributed by atoms with Gasteiger partial charge in [0, 0.05) is 0 Å². The third-order valence-electron chi connectivity index (χ3n) is 2.35. The van der Waals surface area contributed by atoms with Crippen LogP contribution in [0.15, 0.2) is 0 Å². The van der Waals surface area contributed by atoms with Gasteiger partial charge in [-0.15, -0.1) is 0 Å². The van der Waals surface area contributed by atoms with E-state index in [9.17, 15) is 13.0 Å². The van der Waals surface area contributed by atoms with E-state index < -0.39 is 13.4 Å². The SMILES string of the molecule is CCCCCCCCCC(I)S(=O)(=O)[O-].[Na+]. The van der Waals surface area contributed by atoms with Gasteiger partial charge in [0.2, 0.25) is 0 Å². The predicted molar refractivity (Wildman–Crippen MR) is 70.1 cm³/mol. The molecule has 0 spiro atoms. The summed E-state index contributed by atoms with van der Waals surface area (Å²) in [6.07, 6.45) is 8.56. The second-order valence-corrected chi connectivity index (χ2v) is 7.72. The quantitative estimate of drug-likeness (QED) is 0.195. The number of rotatable bonds is 9. The molecule has 16 heavy (non-hydrogen) atoms. The molecular weight excluding hydrogens is 350 g/mol. The van der Waals surface area contributed by atoms with E-state index in [2.05, 4.69) is 6.92 Å². The molecule has 6 heteroatoms. The first kappa shape index (κ1) is 20.0. The van der Waals surface area contributed by atoms with Crippen LogP contribution >= 0.6 is 22.6 Å². The summed E-state index contributed by atoms with van der Waals surface area (Å²) >= 11 is 1.72. The molecule has 1 atom stereocenters. The Kier molecular flexibility index (Phi) is 14.6. The summed E-state index contributed by atoms with van der Waals surface area (Å²) in [7, 11) is -4.07. The van der Waals surface area contributed by atoms with E-state index in [1.54, 1.807) is 22.6 Å². The largest absolute Gasteiger partial charge is 1.00 e. The molecule has 0 aliphatic carbocycles. The Labute approximate surface area is 135 Å². The van der Waals surface area contributed by atoms with E-state index in [4.69, 9.17) is 0 Å². The fourth-order valence-corrected chi connectivity index (χ4v) is 2.30. The minimum atomic E-state index is -4.07. The molecule has 1 unspecified atom stereocenters. The fraction of sp³-hybridized carbons (Fsp3) is 1.00. The number of hydrogen-bond donors (Lipinski definition) is 0. The topological polar surface area (TPSA) is 57.2 Å². The van der Waals surface area contributed by atoms with Crippen LogP contribution in [0, 0.1) is 0 Å². The monoisotopic (exact) mass is 370 g/mol. The van der Waals surface area contributed by atoms with Crippen LogP contribution in [0.2, 0.25) is 0 Å². The number of unbranched alkanes of at least 4 members (excludes halogenated alkanes) is 6. The van der Waals surface area contributed by atoms with Gasteiger partial charge in [0.1, 0.15) is 13.4 Å². The molecule has 0 saturated heterocycles. The van der Waals surface area contributed by atoms with Crippen LogP contribution in [0.3, 0.4) is 0 Å². The molecule has 0 aromatic heterocycles. The summed E-state index contributed by atoms with van der Waals surface area (Å²) in [5, 5.41) is 0. The Hall–Kier alpha value is 1.64. The summed E-state index contributed by atoms with van der Waals surface area (Å²) in [5.74, 6) is 0. The molecule has 0 N–H and O–H groups in total. The van der Waals surface area contributed by atoms with E-state index in [-0.39, 0.29) is 29.6 Å². The molecular formula is C10H20INaO3S. The van der Waals surface area contributed by atoms with Crippen LogP contribution in [0.4, 0.5) is 0 Å². The number of alkyl halides is 1. The van der Waals surface area contributed by atoms with Crippen molar-refractivity contribution < 1.29 is 42.5 Å². The molecule has 0 amide bonds. The first-order valence-electron chi connectivity index (χ1n) is 5.57. The standard InChI is InChI=1S/C10H21IO3S.Na/c1-2-3-4-5-6-7-8-9-10(11)15(12,13)14;/h10H,2-9H2,1H3,(H,12,13,14);/q;+1/p-1. The molecule has 0 aromatic rings. The average molecular weight is 370 g/mol. The Bertz CT molecular complexity index is 244. The summed E-state index contributed by atoms with van der Waals surface area (Å²) in [5.41, 5.74) is 0. The van der Waals surface area contributed by atoms with Crippen LogP contribution < -0.4 is 29.6 Å². The van der Waals surface area contributed by atoms with E-state index in [1.165, 1.54) is 25.7 Å². The van der Waals surface area contributed by atoms with E-state index in [0.29, 0.717) is 6.42 Å². The van der Waals surface area contributed by atoms with Crippen molar-refractivity contribution in [1.29, 1.82) is 0 Å². The van der Waals surface area contributed by atoms with E-state index >= 15 is 0 Å². The van der Waals surface area contributed by atoms with Gasteiger partial charge >= 0.3 is 29.6 Å². The third kappa shape index (κ3) is 12.1. The van der Waals surface area contributed by atoms with Gasteiger partial charge in [0.15, 0.2) is 0 Å². The molecule has 0 aromatic carbocycles. The zero-order valence-corrected chi connectivity index (χ0v) is 15.2. The van der Waals surface area contributed by atoms with Crippen molar-refractivity contribution in [3.05, 3.63) is 0 Å². The molecule has 0 saturated carbocycles. The van der Waals surface area contributed by atoms with Gasteiger partial charge in [-0.05, 0) is 6.42 Å². The van der Waals surface area contributed by atoms with Crippen molar-refractivity contribution in [2.45, 2.75) is 61.5 Å². The second kappa shape index (κ2) is 11.7. The average Bonchev–Trinajstić information content (AvgIpc) is 2.14. The fourth-order valence-electron chi connectivity index (χ4n) is 1.41. The van der Waals surface area contributed by atoms with Crippen molar-refractivity contribution in [1.82, 2.24) is 0 Å². The van der Waals surface area contributed by atoms with Crippen LogP contribution in [0.5, 0.6) is 0 Å². The second-order valence-electron chi connectivity index (χ2n) is 3.81. The molecule has 0 bridgehead atoms. The first-order chi connectivity index (χ1) is 6.98. The van der Waals surface area contributed by atoms with Gasteiger partial charge in [-0.3, -0.25) is 0 Å². The molecule has 0 aliphatic rings. The van der Waals surface area contributed by atoms with Crippen LogP contribution in [-0.2, 0) is 10.1 Å². The maximum Gasteiger partial charge on any atom is 1.00 e. The Morgan fingerprint density at radius 1 is 1.06 bits per heavy atom. The van der Waals surface area contributed by atoms with E-state index in [0.717, 1.165) is 19.3 Å². The Balaban J connectivity index is 0.